The summed E-state index contributed by atoms with van der Waals surface area (Å²) in [6, 6.07) is -0.385. The zero-order chi connectivity index (χ0) is 11.8. The van der Waals surface area contributed by atoms with E-state index in [-0.39, 0.29) is 12.6 Å². The van der Waals surface area contributed by atoms with E-state index in [2.05, 4.69) is 5.32 Å². The standard InChI is InChI=1S/C8H16N2O4S/c1-10(3-4-15-2)8(14)9-5-6(11)7(12)13/h6,11H,3-5H2,1-2H3,(H,9,14)(H,12,13)/t6-/m0/s1. The molecule has 0 radical (unpaired) electrons. The molecule has 0 aliphatic heterocycles. The van der Waals surface area contributed by atoms with Gasteiger partial charge in [-0.3, -0.25) is 0 Å². The normalized spacial score (nSPS) is 11.9. The van der Waals surface area contributed by atoms with Crippen LogP contribution in [0.3, 0.4) is 0 Å². The number of nitrogens with zero attached hydrogens (tertiary/aromatic N) is 1. The minimum atomic E-state index is -1.55. The molecule has 0 spiro atoms. The van der Waals surface area contributed by atoms with Crippen molar-refractivity contribution < 1.29 is 19.8 Å². The number of thioether (sulfide) groups is 1. The molecule has 0 unspecified atom stereocenters. The highest BCUT2D eigenvalue weighted by Crippen LogP contribution is 1.93. The summed E-state index contributed by atoms with van der Waals surface area (Å²) >= 11 is 1.61. The van der Waals surface area contributed by atoms with Gasteiger partial charge in [-0.25, -0.2) is 9.59 Å². The molecule has 0 bridgehead atoms. The molecule has 6 nitrogen and oxygen atoms in total. The van der Waals surface area contributed by atoms with Gasteiger partial charge in [-0.05, 0) is 6.26 Å². The van der Waals surface area contributed by atoms with E-state index >= 15 is 0 Å². The van der Waals surface area contributed by atoms with Crippen molar-refractivity contribution >= 4 is 23.8 Å². The first kappa shape index (κ1) is 14.1. The summed E-state index contributed by atoms with van der Waals surface area (Å²) in [7, 11) is 1.61. The number of amides is 2. The molecule has 0 aromatic heterocycles. The van der Waals surface area contributed by atoms with E-state index in [1.165, 1.54) is 4.90 Å². The van der Waals surface area contributed by atoms with Gasteiger partial charge in [0.1, 0.15) is 0 Å². The molecule has 0 heterocycles. The zero-order valence-electron chi connectivity index (χ0n) is 8.77. The lowest BCUT2D eigenvalue weighted by Crippen LogP contribution is -2.43. The number of nitrogens with one attached hydrogen (secondary N) is 1. The Morgan fingerprint density at radius 1 is 1.53 bits per heavy atom. The molecule has 0 aliphatic carbocycles. The van der Waals surface area contributed by atoms with Crippen molar-refractivity contribution in [1.29, 1.82) is 0 Å². The van der Waals surface area contributed by atoms with Gasteiger partial charge >= 0.3 is 12.0 Å². The van der Waals surface area contributed by atoms with E-state index in [4.69, 9.17) is 10.2 Å². The summed E-state index contributed by atoms with van der Waals surface area (Å²) in [5, 5.41) is 19.6. The van der Waals surface area contributed by atoms with Crippen LogP contribution in [0.5, 0.6) is 0 Å². The summed E-state index contributed by atoms with van der Waals surface area (Å²) in [6.45, 7) is 0.300. The first-order valence-corrected chi connectivity index (χ1v) is 5.77. The number of carbonyl (C=O) groups is 2. The smallest absolute Gasteiger partial charge is 0.334 e. The van der Waals surface area contributed by atoms with E-state index in [1.807, 2.05) is 6.26 Å². The third-order valence-electron chi connectivity index (χ3n) is 1.71. The zero-order valence-corrected chi connectivity index (χ0v) is 9.58. The minimum Gasteiger partial charge on any atom is -0.479 e. The van der Waals surface area contributed by atoms with Crippen LogP contribution in [0, 0.1) is 0 Å². The molecule has 0 saturated carbocycles. The van der Waals surface area contributed by atoms with Gasteiger partial charge in [-0.1, -0.05) is 0 Å². The summed E-state index contributed by atoms with van der Waals surface area (Å²) in [6.07, 6.45) is 0.378. The molecule has 0 aliphatic rings. The number of rotatable bonds is 6. The summed E-state index contributed by atoms with van der Waals surface area (Å²) in [4.78, 5) is 22.9. The molecule has 3 N–H and O–H groups in total. The predicted octanol–water partition coefficient (Wildman–Crippen LogP) is -0.564. The maximum absolute atomic E-state index is 11.3. The van der Waals surface area contributed by atoms with Gasteiger partial charge in [0.25, 0.3) is 0 Å². The van der Waals surface area contributed by atoms with Gasteiger partial charge in [-0.2, -0.15) is 11.8 Å². The first-order chi connectivity index (χ1) is 6.99. The number of carboxylic acid groups (broad SMARTS) is 1. The SMILES string of the molecule is CSCCN(C)C(=O)NC[C@H](O)C(=O)O. The summed E-state index contributed by atoms with van der Waals surface area (Å²) < 4.78 is 0. The van der Waals surface area contributed by atoms with Gasteiger partial charge in [0, 0.05) is 19.3 Å². The number of carboxylic acids is 1. The van der Waals surface area contributed by atoms with Crippen LogP contribution in [0.2, 0.25) is 0 Å². The van der Waals surface area contributed by atoms with E-state index < -0.39 is 12.1 Å². The highest BCUT2D eigenvalue weighted by molar-refractivity contribution is 7.98. The van der Waals surface area contributed by atoms with Crippen molar-refractivity contribution in [3.8, 4) is 0 Å². The molecule has 0 rings (SSSR count). The largest absolute Gasteiger partial charge is 0.479 e. The van der Waals surface area contributed by atoms with E-state index in [1.54, 1.807) is 18.8 Å². The van der Waals surface area contributed by atoms with Crippen molar-refractivity contribution in [3.05, 3.63) is 0 Å². The molecular weight excluding hydrogens is 220 g/mol. The molecule has 0 aromatic carbocycles. The number of aliphatic hydroxyl groups excluding tert-OH is 1. The first-order valence-electron chi connectivity index (χ1n) is 4.37. The van der Waals surface area contributed by atoms with Crippen LogP contribution >= 0.6 is 11.8 Å². The molecule has 2 amide bonds. The average molecular weight is 236 g/mol. The molecule has 88 valence electrons. The van der Waals surface area contributed by atoms with E-state index in [0.29, 0.717) is 6.54 Å². The van der Waals surface area contributed by atoms with Crippen LogP contribution in [0.1, 0.15) is 0 Å². The number of hydrogen-bond acceptors (Lipinski definition) is 4. The van der Waals surface area contributed by atoms with Crippen LogP contribution in [-0.4, -0.2) is 65.4 Å². The Labute approximate surface area is 92.6 Å². The molecule has 15 heavy (non-hydrogen) atoms. The summed E-state index contributed by atoms with van der Waals surface area (Å²) in [5.74, 6) is -0.534. The molecule has 0 fully saturated rings. The number of hydrogen-bond donors (Lipinski definition) is 3. The van der Waals surface area contributed by atoms with Crippen molar-refractivity contribution in [3.63, 3.8) is 0 Å². The van der Waals surface area contributed by atoms with Crippen molar-refractivity contribution in [1.82, 2.24) is 10.2 Å². The van der Waals surface area contributed by atoms with E-state index in [0.717, 1.165) is 5.75 Å². The van der Waals surface area contributed by atoms with Gasteiger partial charge < -0.3 is 20.4 Å². The third kappa shape index (κ3) is 6.19. The maximum atomic E-state index is 11.3. The second-order valence-corrected chi connectivity index (χ2v) is 3.94. The fraction of sp³-hybridized carbons (Fsp3) is 0.750. The monoisotopic (exact) mass is 236 g/mol. The van der Waals surface area contributed by atoms with Crippen LogP contribution in [0.4, 0.5) is 4.79 Å². The van der Waals surface area contributed by atoms with Crippen LogP contribution in [0.25, 0.3) is 0 Å². The average Bonchev–Trinajstić information content (AvgIpc) is 2.21. The molecule has 7 heteroatoms. The Hall–Kier alpha value is -0.950. The second kappa shape index (κ2) is 7.36. The number of carbonyl (C=O) groups excluding carboxylic acids is 1. The fourth-order valence-electron chi connectivity index (χ4n) is 0.736. The van der Waals surface area contributed by atoms with Crippen molar-refractivity contribution in [2.75, 3.05) is 32.1 Å². The minimum absolute atomic E-state index is 0.280. The Bertz CT molecular complexity index is 225. The van der Waals surface area contributed by atoms with Gasteiger partial charge in [-0.15, -0.1) is 0 Å². The lowest BCUT2D eigenvalue weighted by Gasteiger charge is -2.17. The van der Waals surface area contributed by atoms with Crippen molar-refractivity contribution in [2.24, 2.45) is 0 Å². The fourth-order valence-corrected chi connectivity index (χ4v) is 1.19. The molecular formula is C8H16N2O4S. The maximum Gasteiger partial charge on any atom is 0.334 e. The Balaban J connectivity index is 3.77. The number of aliphatic hydroxyl groups is 1. The van der Waals surface area contributed by atoms with E-state index in [9.17, 15) is 9.59 Å². The van der Waals surface area contributed by atoms with Gasteiger partial charge in [0.2, 0.25) is 0 Å². The lowest BCUT2D eigenvalue weighted by molar-refractivity contribution is -0.146. The molecule has 1 atom stereocenters. The lowest BCUT2D eigenvalue weighted by atomic mass is 10.3. The quantitative estimate of drug-likeness (QED) is 0.575. The van der Waals surface area contributed by atoms with Crippen LogP contribution in [-0.2, 0) is 4.79 Å². The third-order valence-corrected chi connectivity index (χ3v) is 2.30. The Morgan fingerprint density at radius 2 is 2.13 bits per heavy atom. The highest BCUT2D eigenvalue weighted by Gasteiger charge is 2.15. The Kier molecular flexibility index (Phi) is 6.89. The summed E-state index contributed by atoms with van der Waals surface area (Å²) in [5.41, 5.74) is 0. The molecule has 0 aromatic rings. The highest BCUT2D eigenvalue weighted by atomic mass is 32.2. The van der Waals surface area contributed by atoms with Crippen LogP contribution in [0.15, 0.2) is 0 Å². The van der Waals surface area contributed by atoms with Crippen molar-refractivity contribution in [2.45, 2.75) is 6.10 Å². The second-order valence-electron chi connectivity index (χ2n) is 2.95. The predicted molar refractivity (Wildman–Crippen MR) is 58.1 cm³/mol. The van der Waals surface area contributed by atoms with Crippen LogP contribution < -0.4 is 5.32 Å². The number of urea groups is 1. The number of aliphatic carboxylic acids is 1. The van der Waals surface area contributed by atoms with Gasteiger partial charge in [0.15, 0.2) is 6.10 Å². The molecule has 0 saturated heterocycles. The Morgan fingerprint density at radius 3 is 2.60 bits per heavy atom. The van der Waals surface area contributed by atoms with Gasteiger partial charge in [0.05, 0.1) is 6.54 Å². The topological polar surface area (TPSA) is 89.9 Å².